The Morgan fingerprint density at radius 1 is 1.33 bits per heavy atom. The number of carbonyl (C=O) groups is 1. The number of hydrogen-bond acceptors (Lipinski definition) is 3. The fourth-order valence-electron chi connectivity index (χ4n) is 2.43. The second kappa shape index (κ2) is 8.90. The highest BCUT2D eigenvalue weighted by molar-refractivity contribution is 5.96. The molecule has 4 nitrogen and oxygen atoms in total. The quantitative estimate of drug-likeness (QED) is 0.677. The number of nitrogens with two attached hydrogens (primary N) is 1. The molecule has 0 aliphatic carbocycles. The molecule has 0 aliphatic rings. The van der Waals surface area contributed by atoms with Gasteiger partial charge in [0.15, 0.2) is 0 Å². The summed E-state index contributed by atoms with van der Waals surface area (Å²) in [6.07, 6.45) is 2.57. The van der Waals surface area contributed by atoms with Crippen LogP contribution in [0.4, 0.5) is 5.69 Å². The molecule has 4 N–H and O–H groups in total. The minimum atomic E-state index is -0.0981. The molecule has 0 unspecified atom stereocenters. The number of hydrogen-bond donors (Lipinski definition) is 3. The first-order chi connectivity index (χ1) is 9.48. The molecule has 0 heterocycles. The number of aliphatic hydroxyl groups is 1. The van der Waals surface area contributed by atoms with E-state index >= 15 is 0 Å². The largest absolute Gasteiger partial charge is 0.399 e. The maximum Gasteiger partial charge on any atom is 0.251 e. The highest BCUT2D eigenvalue weighted by Crippen LogP contribution is 2.29. The lowest BCUT2D eigenvalue weighted by Gasteiger charge is -2.31. The summed E-state index contributed by atoms with van der Waals surface area (Å²) >= 11 is 0. The number of anilines is 1. The summed E-state index contributed by atoms with van der Waals surface area (Å²) in [6.45, 7) is 6.81. The van der Waals surface area contributed by atoms with Crippen molar-refractivity contribution in [1.29, 1.82) is 0 Å². The summed E-state index contributed by atoms with van der Waals surface area (Å²) in [5.74, 6) is -0.0981. The van der Waals surface area contributed by atoms with Gasteiger partial charge in [-0.05, 0) is 49.3 Å². The van der Waals surface area contributed by atoms with Crippen molar-refractivity contribution in [1.82, 2.24) is 5.32 Å². The van der Waals surface area contributed by atoms with Crippen molar-refractivity contribution in [2.75, 3.05) is 18.9 Å². The molecule has 1 aromatic carbocycles. The van der Waals surface area contributed by atoms with Crippen molar-refractivity contribution in [2.45, 2.75) is 40.0 Å². The Morgan fingerprint density at radius 2 is 1.95 bits per heavy atom. The smallest absolute Gasteiger partial charge is 0.251 e. The molecule has 1 rings (SSSR count). The van der Waals surface area contributed by atoms with Crippen LogP contribution in [0.25, 0.3) is 0 Å². The number of nitrogens with one attached hydrogen (secondary N) is 1. The monoisotopic (exact) mass is 314 g/mol. The van der Waals surface area contributed by atoms with Gasteiger partial charge in [-0.3, -0.25) is 4.79 Å². The van der Waals surface area contributed by atoms with E-state index < -0.39 is 0 Å². The highest BCUT2D eigenvalue weighted by Gasteiger charge is 2.26. The third-order valence-electron chi connectivity index (χ3n) is 4.27. The van der Waals surface area contributed by atoms with Gasteiger partial charge in [0.2, 0.25) is 0 Å². The molecular weight excluding hydrogens is 288 g/mol. The van der Waals surface area contributed by atoms with Crippen LogP contribution in [0.1, 0.15) is 49.0 Å². The number of benzene rings is 1. The molecule has 21 heavy (non-hydrogen) atoms. The molecule has 0 atom stereocenters. The molecule has 0 aliphatic heterocycles. The summed E-state index contributed by atoms with van der Waals surface area (Å²) in [5, 5.41) is 12.2. The van der Waals surface area contributed by atoms with E-state index in [0.29, 0.717) is 24.2 Å². The normalized spacial score (nSPS) is 10.9. The third kappa shape index (κ3) is 5.21. The van der Waals surface area contributed by atoms with Crippen LogP contribution in [0.15, 0.2) is 18.2 Å². The number of aryl methyl sites for hydroxylation is 1. The molecule has 0 saturated heterocycles. The summed E-state index contributed by atoms with van der Waals surface area (Å²) < 4.78 is 0. The van der Waals surface area contributed by atoms with Crippen molar-refractivity contribution in [3.8, 4) is 0 Å². The SMILES string of the molecule is CCC(CC)(CCO)CNC(=O)c1cc(N)ccc1C.Cl. The lowest BCUT2D eigenvalue weighted by Crippen LogP contribution is -2.38. The van der Waals surface area contributed by atoms with Gasteiger partial charge in [-0.25, -0.2) is 0 Å². The second-order valence-corrected chi connectivity index (χ2v) is 5.44. The number of amides is 1. The maximum atomic E-state index is 12.3. The van der Waals surface area contributed by atoms with Crippen molar-refractivity contribution in [3.05, 3.63) is 29.3 Å². The van der Waals surface area contributed by atoms with Crippen molar-refractivity contribution < 1.29 is 9.90 Å². The zero-order valence-corrected chi connectivity index (χ0v) is 13.9. The number of carbonyl (C=O) groups excluding carboxylic acids is 1. The summed E-state index contributed by atoms with van der Waals surface area (Å²) in [7, 11) is 0. The van der Waals surface area contributed by atoms with Crippen LogP contribution in [0.2, 0.25) is 0 Å². The molecular formula is C16H27ClN2O2. The molecule has 0 spiro atoms. The van der Waals surface area contributed by atoms with Crippen LogP contribution >= 0.6 is 12.4 Å². The van der Waals surface area contributed by atoms with E-state index in [0.717, 1.165) is 18.4 Å². The molecule has 0 bridgehead atoms. The van der Waals surface area contributed by atoms with Gasteiger partial charge >= 0.3 is 0 Å². The van der Waals surface area contributed by atoms with Gasteiger partial charge < -0.3 is 16.2 Å². The Hall–Kier alpha value is -1.26. The lowest BCUT2D eigenvalue weighted by molar-refractivity contribution is 0.0906. The fraction of sp³-hybridized carbons (Fsp3) is 0.562. The predicted molar refractivity (Wildman–Crippen MR) is 89.9 cm³/mol. The highest BCUT2D eigenvalue weighted by atomic mass is 35.5. The Morgan fingerprint density at radius 3 is 2.48 bits per heavy atom. The van der Waals surface area contributed by atoms with Crippen LogP contribution < -0.4 is 11.1 Å². The van der Waals surface area contributed by atoms with Crippen LogP contribution in [-0.2, 0) is 0 Å². The first kappa shape index (κ1) is 19.7. The summed E-state index contributed by atoms with van der Waals surface area (Å²) in [4.78, 5) is 12.3. The van der Waals surface area contributed by atoms with Gasteiger partial charge in [-0.15, -0.1) is 12.4 Å². The standard InChI is InChI=1S/C16H26N2O2.ClH/c1-4-16(5-2,8-9-19)11-18-15(20)14-10-13(17)7-6-12(14)3;/h6-7,10,19H,4-5,8-9,11,17H2,1-3H3,(H,18,20);1H. The van der Waals surface area contributed by atoms with E-state index in [1.807, 2.05) is 13.0 Å². The van der Waals surface area contributed by atoms with E-state index in [1.54, 1.807) is 12.1 Å². The van der Waals surface area contributed by atoms with E-state index in [4.69, 9.17) is 5.73 Å². The van der Waals surface area contributed by atoms with Gasteiger partial charge in [0.1, 0.15) is 0 Å². The minimum Gasteiger partial charge on any atom is -0.399 e. The Labute approximate surface area is 133 Å². The summed E-state index contributed by atoms with van der Waals surface area (Å²) in [5.41, 5.74) is 7.83. The van der Waals surface area contributed by atoms with Crippen LogP contribution in [0.5, 0.6) is 0 Å². The van der Waals surface area contributed by atoms with E-state index in [2.05, 4.69) is 19.2 Å². The molecule has 120 valence electrons. The van der Waals surface area contributed by atoms with E-state index in [9.17, 15) is 9.90 Å². The van der Waals surface area contributed by atoms with Crippen molar-refractivity contribution in [3.63, 3.8) is 0 Å². The Kier molecular flexibility index (Phi) is 8.37. The van der Waals surface area contributed by atoms with E-state index in [1.165, 1.54) is 0 Å². The molecule has 5 heteroatoms. The topological polar surface area (TPSA) is 75.3 Å². The Bertz CT molecular complexity index is 460. The second-order valence-electron chi connectivity index (χ2n) is 5.44. The first-order valence-electron chi connectivity index (χ1n) is 7.23. The molecule has 0 saturated carbocycles. The third-order valence-corrected chi connectivity index (χ3v) is 4.27. The van der Waals surface area contributed by atoms with Crippen LogP contribution in [0, 0.1) is 12.3 Å². The lowest BCUT2D eigenvalue weighted by atomic mass is 9.79. The first-order valence-corrected chi connectivity index (χ1v) is 7.23. The minimum absolute atomic E-state index is 0. The van der Waals surface area contributed by atoms with Crippen molar-refractivity contribution >= 4 is 24.0 Å². The van der Waals surface area contributed by atoms with Crippen molar-refractivity contribution in [2.24, 2.45) is 5.41 Å². The predicted octanol–water partition coefficient (Wildman–Crippen LogP) is 2.92. The van der Waals surface area contributed by atoms with Gasteiger partial charge in [0, 0.05) is 24.4 Å². The number of aliphatic hydroxyl groups excluding tert-OH is 1. The van der Waals surface area contributed by atoms with E-state index in [-0.39, 0.29) is 30.3 Å². The van der Waals surface area contributed by atoms with Gasteiger partial charge in [0.25, 0.3) is 5.91 Å². The Balaban J connectivity index is 0.00000400. The molecule has 0 aromatic heterocycles. The van der Waals surface area contributed by atoms with Gasteiger partial charge in [-0.1, -0.05) is 19.9 Å². The molecule has 0 radical (unpaired) electrons. The zero-order chi connectivity index (χ0) is 15.2. The number of halogens is 1. The molecule has 0 fully saturated rings. The van der Waals surface area contributed by atoms with Gasteiger partial charge in [-0.2, -0.15) is 0 Å². The maximum absolute atomic E-state index is 12.3. The van der Waals surface area contributed by atoms with Gasteiger partial charge in [0.05, 0.1) is 0 Å². The number of nitrogen functional groups attached to an aromatic ring is 1. The fourth-order valence-corrected chi connectivity index (χ4v) is 2.43. The molecule has 1 aromatic rings. The number of rotatable bonds is 7. The average Bonchev–Trinajstić information content (AvgIpc) is 2.46. The molecule has 1 amide bonds. The average molecular weight is 315 g/mol. The van der Waals surface area contributed by atoms with Crippen LogP contribution in [0.3, 0.4) is 0 Å². The van der Waals surface area contributed by atoms with Crippen LogP contribution in [-0.4, -0.2) is 24.2 Å². The zero-order valence-electron chi connectivity index (χ0n) is 13.1. The summed E-state index contributed by atoms with van der Waals surface area (Å²) in [6, 6.07) is 5.35.